The van der Waals surface area contributed by atoms with Crippen molar-refractivity contribution in [2.24, 2.45) is 5.73 Å². The predicted molar refractivity (Wildman–Crippen MR) is 78.4 cm³/mol. The van der Waals surface area contributed by atoms with Crippen LogP contribution in [0, 0.1) is 0 Å². The molecule has 0 aliphatic rings. The van der Waals surface area contributed by atoms with Gasteiger partial charge in [0.1, 0.15) is 0 Å². The molecular formula is C15H20ClN. The van der Waals surface area contributed by atoms with E-state index in [-0.39, 0.29) is 12.4 Å². The lowest BCUT2D eigenvalue weighted by molar-refractivity contribution is 0.834. The molecule has 0 spiro atoms. The highest BCUT2D eigenvalue weighted by Crippen LogP contribution is 2.17. The predicted octanol–water partition coefficient (Wildman–Crippen LogP) is 4.13. The molecule has 17 heavy (non-hydrogen) atoms. The van der Waals surface area contributed by atoms with Gasteiger partial charge in [0.2, 0.25) is 0 Å². The molecule has 0 unspecified atom stereocenters. The van der Waals surface area contributed by atoms with Crippen molar-refractivity contribution >= 4 is 12.4 Å². The molecule has 0 saturated carbocycles. The van der Waals surface area contributed by atoms with Gasteiger partial charge >= 0.3 is 0 Å². The molecule has 1 nitrogen and oxygen atoms in total. The Morgan fingerprint density at radius 3 is 1.18 bits per heavy atom. The zero-order valence-electron chi connectivity index (χ0n) is 10.3. The fourth-order valence-corrected chi connectivity index (χ4v) is 1.26. The first-order valence-corrected chi connectivity index (χ1v) is 5.56. The van der Waals surface area contributed by atoms with Gasteiger partial charge in [0.25, 0.3) is 0 Å². The fraction of sp³-hybridized carbons (Fsp3) is 0.200. The van der Waals surface area contributed by atoms with E-state index in [1.54, 1.807) is 0 Å². The summed E-state index contributed by atoms with van der Waals surface area (Å²) in [5.41, 5.74) is 7.66. The van der Waals surface area contributed by atoms with E-state index in [0.717, 1.165) is 0 Å². The summed E-state index contributed by atoms with van der Waals surface area (Å²) in [5, 5.41) is 0. The highest BCUT2D eigenvalue weighted by Gasteiger charge is 1.91. The number of hydrogen-bond acceptors (Lipinski definition) is 1. The Morgan fingerprint density at radius 2 is 0.941 bits per heavy atom. The lowest BCUT2D eigenvalue weighted by Gasteiger charge is -1.98. The molecular weight excluding hydrogens is 230 g/mol. The van der Waals surface area contributed by atoms with Crippen LogP contribution in [0.2, 0.25) is 0 Å². The maximum Gasteiger partial charge on any atom is -0.00179 e. The maximum atomic E-state index is 5.11. The summed E-state index contributed by atoms with van der Waals surface area (Å²) >= 11 is 0. The molecule has 2 N–H and O–H groups in total. The van der Waals surface area contributed by atoms with Crippen molar-refractivity contribution in [2.75, 3.05) is 0 Å². The maximum absolute atomic E-state index is 5.11. The molecule has 0 aliphatic carbocycles. The smallest absolute Gasteiger partial charge is 0.00179 e. The molecule has 0 fully saturated rings. The van der Waals surface area contributed by atoms with Gasteiger partial charge in [-0.05, 0) is 17.2 Å². The molecule has 0 saturated heterocycles. The molecule has 0 atom stereocenters. The molecule has 92 valence electrons. The average Bonchev–Trinajstić information content (AvgIpc) is 2.31. The average molecular weight is 250 g/mol. The molecule has 0 amide bonds. The van der Waals surface area contributed by atoms with Crippen LogP contribution >= 0.6 is 12.4 Å². The van der Waals surface area contributed by atoms with Crippen molar-refractivity contribution in [3.8, 4) is 11.1 Å². The molecule has 2 aromatic rings. The van der Waals surface area contributed by atoms with Gasteiger partial charge in [0.05, 0.1) is 0 Å². The second-order valence-electron chi connectivity index (χ2n) is 3.98. The number of benzene rings is 2. The first-order valence-electron chi connectivity index (χ1n) is 5.56. The van der Waals surface area contributed by atoms with Gasteiger partial charge in [-0.2, -0.15) is 0 Å². The van der Waals surface area contributed by atoms with Crippen LogP contribution in [0.4, 0.5) is 0 Å². The van der Waals surface area contributed by atoms with E-state index in [1.807, 2.05) is 26.0 Å². The minimum absolute atomic E-state index is 0. The zero-order valence-corrected chi connectivity index (χ0v) is 11.2. The van der Waals surface area contributed by atoms with Crippen LogP contribution in [0.5, 0.6) is 0 Å². The summed E-state index contributed by atoms with van der Waals surface area (Å²) in [7, 11) is 0. The highest BCUT2D eigenvalue weighted by molar-refractivity contribution is 5.85. The summed E-state index contributed by atoms with van der Waals surface area (Å²) in [4.78, 5) is 0. The van der Waals surface area contributed by atoms with Crippen molar-refractivity contribution in [1.29, 1.82) is 0 Å². The molecule has 2 rings (SSSR count). The molecule has 0 aliphatic heterocycles. The van der Waals surface area contributed by atoms with Crippen molar-refractivity contribution in [3.05, 3.63) is 60.7 Å². The normalized spacial score (nSPS) is 8.94. The summed E-state index contributed by atoms with van der Waals surface area (Å²) < 4.78 is 0. The SMILES string of the molecule is CC(C)N.Cl.c1ccc(-c2ccccc2)cc1. The van der Waals surface area contributed by atoms with Gasteiger partial charge in [0.15, 0.2) is 0 Å². The Balaban J connectivity index is 0.000000453. The fourth-order valence-electron chi connectivity index (χ4n) is 1.26. The van der Waals surface area contributed by atoms with Crippen LogP contribution in [0.25, 0.3) is 11.1 Å². The third kappa shape index (κ3) is 6.77. The van der Waals surface area contributed by atoms with E-state index in [0.29, 0.717) is 6.04 Å². The zero-order chi connectivity index (χ0) is 11.8. The van der Waals surface area contributed by atoms with Crippen LogP contribution in [-0.4, -0.2) is 6.04 Å². The van der Waals surface area contributed by atoms with Crippen LogP contribution in [-0.2, 0) is 0 Å². The third-order valence-electron chi connectivity index (χ3n) is 1.88. The second kappa shape index (κ2) is 8.80. The van der Waals surface area contributed by atoms with Crippen LogP contribution in [0.1, 0.15) is 13.8 Å². The van der Waals surface area contributed by atoms with Gasteiger partial charge in [-0.1, -0.05) is 74.5 Å². The first-order chi connectivity index (χ1) is 7.70. The Bertz CT molecular complexity index is 344. The van der Waals surface area contributed by atoms with E-state index in [1.165, 1.54) is 11.1 Å². The van der Waals surface area contributed by atoms with E-state index in [9.17, 15) is 0 Å². The minimum Gasteiger partial charge on any atom is -0.328 e. The molecule has 2 heteroatoms. The minimum atomic E-state index is 0. The van der Waals surface area contributed by atoms with E-state index < -0.39 is 0 Å². The van der Waals surface area contributed by atoms with Gasteiger partial charge in [-0.3, -0.25) is 0 Å². The summed E-state index contributed by atoms with van der Waals surface area (Å²) in [6.45, 7) is 3.89. The third-order valence-corrected chi connectivity index (χ3v) is 1.88. The van der Waals surface area contributed by atoms with Crippen molar-refractivity contribution < 1.29 is 0 Å². The quantitative estimate of drug-likeness (QED) is 0.808. The number of halogens is 1. The summed E-state index contributed by atoms with van der Waals surface area (Å²) in [6.07, 6.45) is 0. The van der Waals surface area contributed by atoms with E-state index >= 15 is 0 Å². The molecule has 0 radical (unpaired) electrons. The van der Waals surface area contributed by atoms with Crippen molar-refractivity contribution in [3.63, 3.8) is 0 Å². The van der Waals surface area contributed by atoms with Gasteiger partial charge < -0.3 is 5.73 Å². The second-order valence-corrected chi connectivity index (χ2v) is 3.98. The highest BCUT2D eigenvalue weighted by atomic mass is 35.5. The van der Waals surface area contributed by atoms with E-state index in [2.05, 4.69) is 48.5 Å². The Morgan fingerprint density at radius 1 is 0.706 bits per heavy atom. The van der Waals surface area contributed by atoms with Gasteiger partial charge in [0, 0.05) is 0 Å². The van der Waals surface area contributed by atoms with Crippen molar-refractivity contribution in [1.82, 2.24) is 0 Å². The largest absolute Gasteiger partial charge is 0.328 e. The number of hydrogen-bond donors (Lipinski definition) is 1. The molecule has 0 bridgehead atoms. The van der Waals surface area contributed by atoms with Gasteiger partial charge in [-0.15, -0.1) is 12.4 Å². The van der Waals surface area contributed by atoms with E-state index in [4.69, 9.17) is 5.73 Å². The van der Waals surface area contributed by atoms with Gasteiger partial charge in [-0.25, -0.2) is 0 Å². The molecule has 0 heterocycles. The topological polar surface area (TPSA) is 26.0 Å². The van der Waals surface area contributed by atoms with Crippen LogP contribution in [0.15, 0.2) is 60.7 Å². The van der Waals surface area contributed by atoms with Crippen LogP contribution < -0.4 is 5.73 Å². The Labute approximate surface area is 110 Å². The number of nitrogens with two attached hydrogens (primary N) is 1. The Hall–Kier alpha value is -1.31. The Kier molecular flexibility index (Phi) is 8.12. The first kappa shape index (κ1) is 15.7. The standard InChI is InChI=1S/C12H10.C3H9N.ClH/c1-3-7-11(8-4-1)12-9-5-2-6-10-12;1-3(2)4;/h1-10H;3H,4H2,1-2H3;1H. The number of rotatable bonds is 1. The molecule has 2 aromatic carbocycles. The summed E-state index contributed by atoms with van der Waals surface area (Å²) in [6, 6.07) is 21.1. The van der Waals surface area contributed by atoms with Crippen LogP contribution in [0.3, 0.4) is 0 Å². The monoisotopic (exact) mass is 249 g/mol. The molecule has 0 aromatic heterocycles. The summed E-state index contributed by atoms with van der Waals surface area (Å²) in [5.74, 6) is 0. The lowest BCUT2D eigenvalue weighted by atomic mass is 10.1. The lowest BCUT2D eigenvalue weighted by Crippen LogP contribution is -2.06. The van der Waals surface area contributed by atoms with Crippen molar-refractivity contribution in [2.45, 2.75) is 19.9 Å².